The number of carbonyl (C=O) groups excluding carboxylic acids is 1. The monoisotopic (exact) mass is 312 g/mol. The molecule has 1 aromatic rings. The molecule has 0 N–H and O–H groups in total. The van der Waals surface area contributed by atoms with Gasteiger partial charge >= 0.3 is 7.60 Å². The maximum atomic E-state index is 12.4. The smallest absolute Gasteiger partial charge is 0.309 e. The van der Waals surface area contributed by atoms with Gasteiger partial charge in [0.1, 0.15) is 6.16 Å². The fraction of sp³-hybridized carbons (Fsp3) is 0.562. The third-order valence-corrected chi connectivity index (χ3v) is 5.04. The summed E-state index contributed by atoms with van der Waals surface area (Å²) >= 11 is 0. The first-order valence-corrected chi connectivity index (χ1v) is 8.96. The summed E-state index contributed by atoms with van der Waals surface area (Å²) in [6.07, 6.45) is -0.219. The molecule has 118 valence electrons. The van der Waals surface area contributed by atoms with Crippen molar-refractivity contribution in [1.82, 2.24) is 0 Å². The lowest BCUT2D eigenvalue weighted by Gasteiger charge is -2.19. The molecule has 0 saturated heterocycles. The van der Waals surface area contributed by atoms with Gasteiger partial charge in [0.25, 0.3) is 0 Å². The van der Waals surface area contributed by atoms with E-state index in [1.54, 1.807) is 26.0 Å². The van der Waals surface area contributed by atoms with Gasteiger partial charge in [-0.1, -0.05) is 45.0 Å². The van der Waals surface area contributed by atoms with Gasteiger partial charge in [-0.15, -0.1) is 0 Å². The number of carbonyl (C=O) groups is 1. The third-order valence-electron chi connectivity index (χ3n) is 3.06. The second kappa shape index (κ2) is 7.35. The molecule has 21 heavy (non-hydrogen) atoms. The molecule has 0 amide bonds. The van der Waals surface area contributed by atoms with E-state index in [0.29, 0.717) is 5.56 Å². The van der Waals surface area contributed by atoms with E-state index >= 15 is 0 Å². The molecule has 0 aliphatic rings. The van der Waals surface area contributed by atoms with Crippen molar-refractivity contribution in [2.45, 2.75) is 40.0 Å². The standard InChI is InChI=1S/C16H25O4P/c1-6-19-21(18,20-7-2)12-15(17)13-8-10-14(11-9-13)16(3,4)5/h8-11H,6-7,12H2,1-5H3. The summed E-state index contributed by atoms with van der Waals surface area (Å²) in [4.78, 5) is 12.2. The van der Waals surface area contributed by atoms with Crippen LogP contribution < -0.4 is 0 Å². The highest BCUT2D eigenvalue weighted by atomic mass is 31.2. The summed E-state index contributed by atoms with van der Waals surface area (Å²) in [5.74, 6) is -0.222. The Balaban J connectivity index is 2.86. The highest BCUT2D eigenvalue weighted by molar-refractivity contribution is 7.54. The van der Waals surface area contributed by atoms with E-state index in [2.05, 4.69) is 20.8 Å². The summed E-state index contributed by atoms with van der Waals surface area (Å²) in [5.41, 5.74) is 1.72. The molecule has 5 heteroatoms. The van der Waals surface area contributed by atoms with Gasteiger partial charge in [0.15, 0.2) is 5.78 Å². The Morgan fingerprint density at radius 3 is 1.90 bits per heavy atom. The zero-order valence-electron chi connectivity index (χ0n) is 13.5. The lowest BCUT2D eigenvalue weighted by Crippen LogP contribution is -2.13. The van der Waals surface area contributed by atoms with E-state index in [4.69, 9.17) is 9.05 Å². The Kier molecular flexibility index (Phi) is 6.33. The highest BCUT2D eigenvalue weighted by Crippen LogP contribution is 2.48. The summed E-state index contributed by atoms with van der Waals surface area (Å²) in [5, 5.41) is 0. The second-order valence-electron chi connectivity index (χ2n) is 5.86. The van der Waals surface area contributed by atoms with Gasteiger partial charge < -0.3 is 9.05 Å². The Labute approximate surface area is 127 Å². The molecule has 0 aliphatic carbocycles. The number of Topliss-reactive ketones (excluding diaryl/α,β-unsaturated/α-hetero) is 1. The molecule has 0 heterocycles. The fourth-order valence-corrected chi connectivity index (χ4v) is 3.52. The fourth-order valence-electron chi connectivity index (χ4n) is 1.95. The van der Waals surface area contributed by atoms with Gasteiger partial charge in [0, 0.05) is 5.56 Å². The van der Waals surface area contributed by atoms with E-state index in [0.717, 1.165) is 5.56 Å². The van der Waals surface area contributed by atoms with Crippen LogP contribution in [0.15, 0.2) is 24.3 Å². The van der Waals surface area contributed by atoms with Crippen LogP contribution in [-0.2, 0) is 19.0 Å². The van der Waals surface area contributed by atoms with Gasteiger partial charge in [-0.3, -0.25) is 9.36 Å². The van der Waals surface area contributed by atoms with Crippen LogP contribution in [0, 0.1) is 0 Å². The molecule has 0 unspecified atom stereocenters. The molecule has 0 aromatic heterocycles. The molecule has 0 radical (unpaired) electrons. The van der Waals surface area contributed by atoms with E-state index in [1.807, 2.05) is 12.1 Å². The average molecular weight is 312 g/mol. The number of rotatable bonds is 7. The summed E-state index contributed by atoms with van der Waals surface area (Å²) in [7, 11) is -3.33. The molecule has 0 atom stereocenters. The first-order valence-electron chi connectivity index (χ1n) is 7.23. The van der Waals surface area contributed by atoms with E-state index in [1.165, 1.54) is 0 Å². The molecule has 0 fully saturated rings. The highest BCUT2D eigenvalue weighted by Gasteiger charge is 2.28. The first kappa shape index (κ1) is 18.1. The molecule has 0 aliphatic heterocycles. The Bertz CT molecular complexity index is 504. The lowest BCUT2D eigenvalue weighted by atomic mass is 9.86. The van der Waals surface area contributed by atoms with Crippen molar-refractivity contribution in [3.05, 3.63) is 35.4 Å². The predicted molar refractivity (Wildman–Crippen MR) is 85.2 cm³/mol. The van der Waals surface area contributed by atoms with Gasteiger partial charge in [-0.25, -0.2) is 0 Å². The summed E-state index contributed by atoms with van der Waals surface area (Å²) < 4.78 is 22.7. The van der Waals surface area contributed by atoms with Gasteiger partial charge in [0.05, 0.1) is 13.2 Å². The zero-order chi connectivity index (χ0) is 16.1. The largest absolute Gasteiger partial charge is 0.338 e. The van der Waals surface area contributed by atoms with Crippen molar-refractivity contribution >= 4 is 13.4 Å². The minimum absolute atomic E-state index is 0.0352. The van der Waals surface area contributed by atoms with Crippen LogP contribution in [0.1, 0.15) is 50.5 Å². The average Bonchev–Trinajstić information content (AvgIpc) is 2.38. The molecular formula is C16H25O4P. The van der Waals surface area contributed by atoms with Crippen molar-refractivity contribution in [1.29, 1.82) is 0 Å². The van der Waals surface area contributed by atoms with E-state index in [9.17, 15) is 9.36 Å². The van der Waals surface area contributed by atoms with Gasteiger partial charge in [-0.2, -0.15) is 0 Å². The number of hydrogen-bond donors (Lipinski definition) is 0. The van der Waals surface area contributed by atoms with Crippen LogP contribution in [-0.4, -0.2) is 25.2 Å². The first-order chi connectivity index (χ1) is 9.72. The Morgan fingerprint density at radius 2 is 1.52 bits per heavy atom. The lowest BCUT2D eigenvalue weighted by molar-refractivity contribution is 0.100. The Hall–Kier alpha value is -0.960. The quantitative estimate of drug-likeness (QED) is 0.552. The normalized spacial score (nSPS) is 12.4. The van der Waals surface area contributed by atoms with Crippen LogP contribution in [0.2, 0.25) is 0 Å². The molecule has 4 nitrogen and oxygen atoms in total. The minimum Gasteiger partial charge on any atom is -0.309 e. The summed E-state index contributed by atoms with van der Waals surface area (Å²) in [6, 6.07) is 7.40. The van der Waals surface area contributed by atoms with Crippen molar-refractivity contribution in [3.8, 4) is 0 Å². The number of benzene rings is 1. The van der Waals surface area contributed by atoms with Crippen LogP contribution in [0.3, 0.4) is 0 Å². The van der Waals surface area contributed by atoms with Crippen LogP contribution in [0.5, 0.6) is 0 Å². The van der Waals surface area contributed by atoms with E-state index < -0.39 is 7.60 Å². The molecule has 1 aromatic carbocycles. The zero-order valence-corrected chi connectivity index (χ0v) is 14.4. The van der Waals surface area contributed by atoms with Gasteiger partial charge in [-0.05, 0) is 24.8 Å². The predicted octanol–water partition coefficient (Wildman–Crippen LogP) is 4.43. The minimum atomic E-state index is -3.33. The SMILES string of the molecule is CCOP(=O)(CC(=O)c1ccc(C(C)(C)C)cc1)OCC. The molecule has 0 spiro atoms. The topological polar surface area (TPSA) is 52.6 Å². The summed E-state index contributed by atoms with van der Waals surface area (Å²) in [6.45, 7) is 10.3. The van der Waals surface area contributed by atoms with Gasteiger partial charge in [0.2, 0.25) is 0 Å². The van der Waals surface area contributed by atoms with Crippen LogP contribution in [0.25, 0.3) is 0 Å². The van der Waals surface area contributed by atoms with Crippen molar-refractivity contribution in [3.63, 3.8) is 0 Å². The van der Waals surface area contributed by atoms with Crippen LogP contribution in [0.4, 0.5) is 0 Å². The number of hydrogen-bond acceptors (Lipinski definition) is 4. The molecular weight excluding hydrogens is 287 g/mol. The number of ketones is 1. The van der Waals surface area contributed by atoms with Crippen molar-refractivity contribution in [2.75, 3.05) is 19.4 Å². The maximum absolute atomic E-state index is 12.4. The van der Waals surface area contributed by atoms with Crippen molar-refractivity contribution in [2.24, 2.45) is 0 Å². The molecule has 1 rings (SSSR count). The van der Waals surface area contributed by atoms with E-state index in [-0.39, 0.29) is 30.6 Å². The molecule has 0 saturated carbocycles. The second-order valence-corrected chi connectivity index (χ2v) is 7.91. The Morgan fingerprint density at radius 1 is 1.05 bits per heavy atom. The van der Waals surface area contributed by atoms with Crippen LogP contribution >= 0.6 is 7.60 Å². The molecule has 0 bridgehead atoms. The third kappa shape index (κ3) is 5.39. The van der Waals surface area contributed by atoms with Crippen molar-refractivity contribution < 1.29 is 18.4 Å². The maximum Gasteiger partial charge on any atom is 0.338 e.